The Labute approximate surface area is 200 Å². The highest BCUT2D eigenvalue weighted by atomic mass is 35.5. The molecule has 0 aromatic heterocycles. The minimum absolute atomic E-state index is 0.206. The number of nitrogens with zero attached hydrogens (tertiary/aromatic N) is 1. The molecular formula is C27H18ClFN2OS. The van der Waals surface area contributed by atoms with Gasteiger partial charge in [0, 0.05) is 38.0 Å². The second-order valence-corrected chi connectivity index (χ2v) is 9.01. The lowest BCUT2D eigenvalue weighted by molar-refractivity contribution is 0.0951. The third-order valence-electron chi connectivity index (χ3n) is 5.33. The molecule has 5 rings (SSSR count). The lowest BCUT2D eigenvalue weighted by atomic mass is 10.0. The molecule has 0 saturated carbocycles. The first-order valence-electron chi connectivity index (χ1n) is 10.4. The first-order valence-corrected chi connectivity index (χ1v) is 11.6. The minimum atomic E-state index is -0.298. The quantitative estimate of drug-likeness (QED) is 0.304. The van der Waals surface area contributed by atoms with Crippen LogP contribution in [0.15, 0.2) is 106 Å². The van der Waals surface area contributed by atoms with Crippen LogP contribution in [0.5, 0.6) is 0 Å². The molecule has 0 saturated heterocycles. The first kappa shape index (κ1) is 21.4. The summed E-state index contributed by atoms with van der Waals surface area (Å²) < 4.78 is 13.5. The van der Waals surface area contributed by atoms with Gasteiger partial charge in [-0.15, -0.1) is 0 Å². The molecule has 1 aliphatic heterocycles. The highest BCUT2D eigenvalue weighted by Gasteiger charge is 2.20. The van der Waals surface area contributed by atoms with Crippen LogP contribution >= 0.6 is 23.4 Å². The molecule has 4 aromatic carbocycles. The van der Waals surface area contributed by atoms with Gasteiger partial charge in [0.2, 0.25) is 0 Å². The van der Waals surface area contributed by atoms with E-state index < -0.39 is 0 Å². The predicted octanol–water partition coefficient (Wildman–Crippen LogP) is 7.04. The number of aliphatic imine (C=N–C) groups is 1. The van der Waals surface area contributed by atoms with Crippen LogP contribution in [0.3, 0.4) is 0 Å². The van der Waals surface area contributed by atoms with E-state index in [0.29, 0.717) is 22.8 Å². The molecule has 1 aliphatic rings. The van der Waals surface area contributed by atoms with Crippen molar-refractivity contribution in [2.45, 2.75) is 16.3 Å². The molecule has 1 N–H and O–H groups in total. The van der Waals surface area contributed by atoms with Crippen molar-refractivity contribution >= 4 is 40.7 Å². The second-order valence-electron chi connectivity index (χ2n) is 7.52. The van der Waals surface area contributed by atoms with E-state index in [2.05, 4.69) is 5.32 Å². The fourth-order valence-corrected chi connectivity index (χ4v) is 4.84. The maximum Gasteiger partial charge on any atom is 0.251 e. The van der Waals surface area contributed by atoms with Crippen molar-refractivity contribution in [1.82, 2.24) is 5.32 Å². The van der Waals surface area contributed by atoms with Crippen LogP contribution in [0.25, 0.3) is 0 Å². The van der Waals surface area contributed by atoms with Crippen LogP contribution in [0.4, 0.5) is 10.1 Å². The summed E-state index contributed by atoms with van der Waals surface area (Å²) in [5.74, 6) is -0.503. The van der Waals surface area contributed by atoms with Gasteiger partial charge in [0.15, 0.2) is 0 Å². The fraction of sp³-hybridized carbons (Fsp3) is 0.0370. The fourth-order valence-electron chi connectivity index (χ4n) is 3.63. The molecule has 1 amide bonds. The molecule has 6 heteroatoms. The van der Waals surface area contributed by atoms with Crippen LogP contribution in [0.1, 0.15) is 27.0 Å². The Morgan fingerprint density at radius 1 is 0.909 bits per heavy atom. The Kier molecular flexibility index (Phi) is 5.99. The van der Waals surface area contributed by atoms with Crippen molar-refractivity contribution < 1.29 is 9.18 Å². The van der Waals surface area contributed by atoms with Gasteiger partial charge in [0.1, 0.15) is 5.82 Å². The van der Waals surface area contributed by atoms with Gasteiger partial charge in [0.25, 0.3) is 5.91 Å². The van der Waals surface area contributed by atoms with Crippen LogP contribution in [0.2, 0.25) is 5.02 Å². The smallest absolute Gasteiger partial charge is 0.251 e. The van der Waals surface area contributed by atoms with E-state index >= 15 is 0 Å². The SMILES string of the molecule is O=C(NCc1ccccc1Cl)c1ccc2c(c1)N=C(c1ccc(F)cc1)c1ccccc1S2. The summed E-state index contributed by atoms with van der Waals surface area (Å²) in [7, 11) is 0. The highest BCUT2D eigenvalue weighted by molar-refractivity contribution is 7.99. The van der Waals surface area contributed by atoms with Crippen molar-refractivity contribution in [3.05, 3.63) is 124 Å². The molecule has 4 aromatic rings. The monoisotopic (exact) mass is 472 g/mol. The molecule has 0 bridgehead atoms. The highest BCUT2D eigenvalue weighted by Crippen LogP contribution is 2.41. The largest absolute Gasteiger partial charge is 0.348 e. The molecule has 0 atom stereocenters. The predicted molar refractivity (Wildman–Crippen MR) is 131 cm³/mol. The van der Waals surface area contributed by atoms with Gasteiger partial charge in [-0.05, 0) is 60.2 Å². The Hall–Kier alpha value is -3.41. The lowest BCUT2D eigenvalue weighted by Gasteiger charge is -2.09. The molecule has 0 fully saturated rings. The van der Waals surface area contributed by atoms with Gasteiger partial charge in [-0.25, -0.2) is 9.38 Å². The number of nitrogens with one attached hydrogen (secondary N) is 1. The van der Waals surface area contributed by atoms with E-state index in [9.17, 15) is 9.18 Å². The molecule has 1 heterocycles. The number of halogens is 2. The van der Waals surface area contributed by atoms with Crippen molar-refractivity contribution in [2.75, 3.05) is 0 Å². The zero-order valence-corrected chi connectivity index (χ0v) is 19.0. The van der Waals surface area contributed by atoms with Crippen molar-refractivity contribution in [3.63, 3.8) is 0 Å². The van der Waals surface area contributed by atoms with Gasteiger partial charge in [-0.3, -0.25) is 4.79 Å². The molecule has 0 radical (unpaired) electrons. The summed E-state index contributed by atoms with van der Waals surface area (Å²) in [4.78, 5) is 19.8. The topological polar surface area (TPSA) is 41.5 Å². The van der Waals surface area contributed by atoms with Crippen LogP contribution < -0.4 is 5.32 Å². The number of hydrogen-bond donors (Lipinski definition) is 1. The number of hydrogen-bond acceptors (Lipinski definition) is 3. The number of rotatable bonds is 4. The number of amides is 1. The van der Waals surface area contributed by atoms with Crippen LogP contribution in [-0.2, 0) is 6.54 Å². The van der Waals surface area contributed by atoms with Gasteiger partial charge in [-0.2, -0.15) is 0 Å². The van der Waals surface area contributed by atoms with E-state index in [1.165, 1.54) is 12.1 Å². The normalized spacial score (nSPS) is 12.2. The Balaban J connectivity index is 1.50. The van der Waals surface area contributed by atoms with Crippen LogP contribution in [-0.4, -0.2) is 11.6 Å². The number of benzene rings is 4. The minimum Gasteiger partial charge on any atom is -0.348 e. The summed E-state index contributed by atoms with van der Waals surface area (Å²) in [6, 6.07) is 27.2. The van der Waals surface area contributed by atoms with Gasteiger partial charge in [-0.1, -0.05) is 59.8 Å². The second kappa shape index (κ2) is 9.22. The third-order valence-corrected chi connectivity index (χ3v) is 6.84. The maximum absolute atomic E-state index is 13.5. The molecular weight excluding hydrogens is 455 g/mol. The van der Waals surface area contributed by atoms with Gasteiger partial charge < -0.3 is 5.32 Å². The average Bonchev–Trinajstić information content (AvgIpc) is 3.00. The summed E-state index contributed by atoms with van der Waals surface area (Å²) in [5.41, 5.74) is 4.58. The Morgan fingerprint density at radius 3 is 2.48 bits per heavy atom. The van der Waals surface area contributed by atoms with E-state index in [1.807, 2.05) is 48.5 Å². The first-order chi connectivity index (χ1) is 16.1. The van der Waals surface area contributed by atoms with Gasteiger partial charge in [0.05, 0.1) is 11.4 Å². The molecule has 162 valence electrons. The van der Waals surface area contributed by atoms with Crippen LogP contribution in [0, 0.1) is 5.82 Å². The number of carbonyl (C=O) groups excluding carboxylic acids is 1. The van der Waals surface area contributed by atoms with E-state index in [4.69, 9.17) is 16.6 Å². The molecule has 0 unspecified atom stereocenters. The summed E-state index contributed by atoms with van der Waals surface area (Å²) in [6.45, 7) is 0.333. The van der Waals surface area contributed by atoms with E-state index in [1.54, 1.807) is 42.1 Å². The molecule has 0 aliphatic carbocycles. The third kappa shape index (κ3) is 4.56. The maximum atomic E-state index is 13.5. The number of carbonyl (C=O) groups is 1. The zero-order chi connectivity index (χ0) is 22.8. The Morgan fingerprint density at radius 2 is 1.67 bits per heavy atom. The zero-order valence-electron chi connectivity index (χ0n) is 17.4. The number of fused-ring (bicyclic) bond motifs is 2. The molecule has 0 spiro atoms. The summed E-state index contributed by atoms with van der Waals surface area (Å²) in [6.07, 6.45) is 0. The standard InChI is InChI=1S/C27H18ClFN2OS/c28-22-7-3-1-5-19(22)16-30-27(32)18-11-14-25-23(15-18)31-26(17-9-12-20(29)13-10-17)21-6-2-4-8-24(21)33-25/h1-15H,16H2,(H,30,32). The van der Waals surface area contributed by atoms with Crippen molar-refractivity contribution in [3.8, 4) is 0 Å². The lowest BCUT2D eigenvalue weighted by Crippen LogP contribution is -2.22. The van der Waals surface area contributed by atoms with Gasteiger partial charge >= 0.3 is 0 Å². The van der Waals surface area contributed by atoms with E-state index in [-0.39, 0.29) is 11.7 Å². The van der Waals surface area contributed by atoms with Crippen molar-refractivity contribution in [1.29, 1.82) is 0 Å². The summed E-state index contributed by atoms with van der Waals surface area (Å²) in [5, 5.41) is 3.54. The van der Waals surface area contributed by atoms with E-state index in [0.717, 1.165) is 32.2 Å². The average molecular weight is 473 g/mol. The Bertz CT molecular complexity index is 1390. The summed E-state index contributed by atoms with van der Waals surface area (Å²) >= 11 is 7.80. The molecule has 3 nitrogen and oxygen atoms in total. The molecule has 33 heavy (non-hydrogen) atoms. The van der Waals surface area contributed by atoms with Crippen molar-refractivity contribution in [2.24, 2.45) is 4.99 Å².